The first-order valence-corrected chi connectivity index (χ1v) is 7.93. The van der Waals surface area contributed by atoms with Crippen LogP contribution >= 0.6 is 12.4 Å². The van der Waals surface area contributed by atoms with Crippen LogP contribution in [-0.2, 0) is 31.0 Å². The molecule has 0 bridgehead atoms. The van der Waals surface area contributed by atoms with Crippen molar-refractivity contribution < 1.29 is 9.26 Å². The third-order valence-corrected chi connectivity index (χ3v) is 3.93. The average Bonchev–Trinajstić information content (AvgIpc) is 3.27. The lowest BCUT2D eigenvalue weighted by Crippen LogP contribution is -2.11. The summed E-state index contributed by atoms with van der Waals surface area (Å²) >= 11 is 0. The number of rotatable bonds is 5. The third-order valence-electron chi connectivity index (χ3n) is 3.93. The van der Waals surface area contributed by atoms with Crippen LogP contribution in [0.2, 0.25) is 0 Å². The van der Waals surface area contributed by atoms with Crippen molar-refractivity contribution in [1.82, 2.24) is 34.8 Å². The van der Waals surface area contributed by atoms with E-state index in [1.807, 2.05) is 10.8 Å². The molecule has 134 valence electrons. The zero-order chi connectivity index (χ0) is 16.4. The first kappa shape index (κ1) is 17.6. The topological polar surface area (TPSA) is 95.8 Å². The quantitative estimate of drug-likeness (QED) is 0.726. The van der Waals surface area contributed by atoms with Gasteiger partial charge in [-0.3, -0.25) is 4.68 Å². The zero-order valence-electron chi connectivity index (χ0n) is 13.9. The van der Waals surface area contributed by atoms with E-state index in [0.29, 0.717) is 24.9 Å². The molecule has 0 spiro atoms. The van der Waals surface area contributed by atoms with Gasteiger partial charge in [-0.2, -0.15) is 10.1 Å². The van der Waals surface area contributed by atoms with Crippen LogP contribution in [0.3, 0.4) is 0 Å². The van der Waals surface area contributed by atoms with E-state index in [0.717, 1.165) is 37.6 Å². The Balaban J connectivity index is 0.00000182. The molecule has 0 amide bonds. The summed E-state index contributed by atoms with van der Waals surface area (Å²) in [6, 6.07) is 2.09. The number of methoxy groups -OCH3 is 1. The zero-order valence-corrected chi connectivity index (χ0v) is 14.7. The molecule has 0 radical (unpaired) electrons. The van der Waals surface area contributed by atoms with Crippen molar-refractivity contribution in [3.63, 3.8) is 0 Å². The lowest BCUT2D eigenvalue weighted by molar-refractivity contribution is 0.151. The summed E-state index contributed by atoms with van der Waals surface area (Å²) in [6.07, 6.45) is 4.73. The molecule has 0 atom stereocenters. The highest BCUT2D eigenvalue weighted by molar-refractivity contribution is 5.85. The molecule has 4 rings (SSSR count). The largest absolute Gasteiger partial charge is 0.375 e. The van der Waals surface area contributed by atoms with Gasteiger partial charge in [0, 0.05) is 32.6 Å². The van der Waals surface area contributed by atoms with Crippen LogP contribution < -0.4 is 5.32 Å². The molecule has 0 unspecified atom stereocenters. The highest BCUT2D eigenvalue weighted by Gasteiger charge is 2.16. The van der Waals surface area contributed by atoms with E-state index < -0.39 is 0 Å². The van der Waals surface area contributed by atoms with E-state index in [9.17, 15) is 0 Å². The summed E-state index contributed by atoms with van der Waals surface area (Å²) in [6.45, 7) is 3.57. The van der Waals surface area contributed by atoms with Crippen LogP contribution in [0.15, 0.2) is 23.0 Å². The SMILES string of the molecule is COCc1nc(Cn2ccnc2-c2cc3n(n2)CCCNC3)no1.Cl. The predicted molar refractivity (Wildman–Crippen MR) is 91.1 cm³/mol. The van der Waals surface area contributed by atoms with Crippen LogP contribution in [0.25, 0.3) is 11.5 Å². The summed E-state index contributed by atoms with van der Waals surface area (Å²) < 4.78 is 14.1. The molecule has 0 fully saturated rings. The van der Waals surface area contributed by atoms with Crippen LogP contribution in [0, 0.1) is 0 Å². The molecular weight excluding hydrogens is 346 g/mol. The molecule has 0 aromatic carbocycles. The van der Waals surface area contributed by atoms with Gasteiger partial charge in [-0.05, 0) is 19.0 Å². The fraction of sp³-hybridized carbons (Fsp3) is 0.467. The van der Waals surface area contributed by atoms with E-state index in [2.05, 4.69) is 31.2 Å². The van der Waals surface area contributed by atoms with E-state index in [1.165, 1.54) is 5.69 Å². The number of fused-ring (bicyclic) bond motifs is 1. The van der Waals surface area contributed by atoms with Gasteiger partial charge in [-0.25, -0.2) is 4.98 Å². The van der Waals surface area contributed by atoms with Gasteiger partial charge in [0.1, 0.15) is 12.3 Å². The Morgan fingerprint density at radius 2 is 2.32 bits per heavy atom. The second kappa shape index (κ2) is 7.77. The van der Waals surface area contributed by atoms with E-state index in [-0.39, 0.29) is 12.4 Å². The summed E-state index contributed by atoms with van der Waals surface area (Å²) in [4.78, 5) is 8.75. The lowest BCUT2D eigenvalue weighted by atomic mass is 10.3. The normalized spacial score (nSPS) is 14.0. The van der Waals surface area contributed by atoms with Gasteiger partial charge in [0.05, 0.1) is 12.2 Å². The van der Waals surface area contributed by atoms with Crippen LogP contribution in [0.4, 0.5) is 0 Å². The molecule has 10 heteroatoms. The monoisotopic (exact) mass is 365 g/mol. The maximum Gasteiger partial charge on any atom is 0.252 e. The van der Waals surface area contributed by atoms with Crippen molar-refractivity contribution in [2.45, 2.75) is 32.7 Å². The molecule has 4 heterocycles. The van der Waals surface area contributed by atoms with E-state index >= 15 is 0 Å². The van der Waals surface area contributed by atoms with Gasteiger partial charge in [0.25, 0.3) is 5.89 Å². The molecule has 1 aliphatic heterocycles. The number of halogens is 1. The molecule has 3 aromatic rings. The maximum absolute atomic E-state index is 5.13. The number of aromatic nitrogens is 6. The summed E-state index contributed by atoms with van der Waals surface area (Å²) in [7, 11) is 1.59. The standard InChI is InChI=1S/C15H19N7O2.ClH/c1-23-10-14-18-13(20-24-14)9-21-6-4-17-15(21)12-7-11-8-16-3-2-5-22(11)19-12;/h4,6-7,16H,2-3,5,8-10H2,1H3;1H. The first-order chi connectivity index (χ1) is 11.8. The number of aryl methyl sites for hydroxylation is 1. The van der Waals surface area contributed by atoms with Gasteiger partial charge in [0.15, 0.2) is 11.6 Å². The Bertz CT molecular complexity index is 802. The second-order valence-corrected chi connectivity index (χ2v) is 5.69. The highest BCUT2D eigenvalue weighted by atomic mass is 35.5. The first-order valence-electron chi connectivity index (χ1n) is 7.93. The Labute approximate surface area is 150 Å². The minimum absolute atomic E-state index is 0. The Morgan fingerprint density at radius 3 is 3.20 bits per heavy atom. The number of nitrogens with one attached hydrogen (secondary N) is 1. The third kappa shape index (κ3) is 3.73. The van der Waals surface area contributed by atoms with Gasteiger partial charge in [0.2, 0.25) is 0 Å². The van der Waals surface area contributed by atoms with Crippen LogP contribution in [0.1, 0.15) is 23.8 Å². The van der Waals surface area contributed by atoms with Crippen molar-refractivity contribution >= 4 is 12.4 Å². The summed E-state index contributed by atoms with van der Waals surface area (Å²) in [5, 5.41) is 12.1. The van der Waals surface area contributed by atoms with Crippen molar-refractivity contribution in [1.29, 1.82) is 0 Å². The highest BCUT2D eigenvalue weighted by Crippen LogP contribution is 2.19. The lowest BCUT2D eigenvalue weighted by Gasteiger charge is -2.03. The second-order valence-electron chi connectivity index (χ2n) is 5.69. The number of imidazole rings is 1. The number of ether oxygens (including phenoxy) is 1. The molecule has 1 N–H and O–H groups in total. The fourth-order valence-corrected chi connectivity index (χ4v) is 2.83. The summed E-state index contributed by atoms with van der Waals surface area (Å²) in [5.74, 6) is 1.85. The molecule has 9 nitrogen and oxygen atoms in total. The Kier molecular flexibility index (Phi) is 5.47. The van der Waals surface area contributed by atoms with Crippen molar-refractivity contribution in [2.24, 2.45) is 0 Å². The molecule has 0 saturated heterocycles. The van der Waals surface area contributed by atoms with Crippen molar-refractivity contribution in [2.75, 3.05) is 13.7 Å². The number of hydrogen-bond donors (Lipinski definition) is 1. The molecule has 0 aliphatic carbocycles. The summed E-state index contributed by atoms with van der Waals surface area (Å²) in [5.41, 5.74) is 2.04. The van der Waals surface area contributed by atoms with Gasteiger partial charge in [-0.15, -0.1) is 12.4 Å². The van der Waals surface area contributed by atoms with Gasteiger partial charge in [-0.1, -0.05) is 5.16 Å². The minimum Gasteiger partial charge on any atom is -0.375 e. The minimum atomic E-state index is 0. The number of hydrogen-bond acceptors (Lipinski definition) is 7. The average molecular weight is 366 g/mol. The maximum atomic E-state index is 5.13. The molecule has 25 heavy (non-hydrogen) atoms. The van der Waals surface area contributed by atoms with E-state index in [4.69, 9.17) is 14.4 Å². The Morgan fingerprint density at radius 1 is 1.40 bits per heavy atom. The Hall–Kier alpha value is -2.23. The smallest absolute Gasteiger partial charge is 0.252 e. The predicted octanol–water partition coefficient (Wildman–Crippen LogP) is 1.24. The van der Waals surface area contributed by atoms with E-state index in [1.54, 1.807) is 13.3 Å². The van der Waals surface area contributed by atoms with Crippen LogP contribution in [-0.4, -0.2) is 43.1 Å². The van der Waals surface area contributed by atoms with Crippen molar-refractivity contribution in [3.8, 4) is 11.5 Å². The molecule has 3 aromatic heterocycles. The fourth-order valence-electron chi connectivity index (χ4n) is 2.83. The van der Waals surface area contributed by atoms with Gasteiger partial charge >= 0.3 is 0 Å². The number of nitrogens with zero attached hydrogens (tertiary/aromatic N) is 6. The van der Waals surface area contributed by atoms with Crippen molar-refractivity contribution in [3.05, 3.63) is 35.9 Å². The molecule has 1 aliphatic rings. The molecule has 0 saturated carbocycles. The molecular formula is C15H20ClN7O2. The van der Waals surface area contributed by atoms with Crippen LogP contribution in [0.5, 0.6) is 0 Å². The van der Waals surface area contributed by atoms with Gasteiger partial charge < -0.3 is 19.1 Å².